The molecule has 1 aromatic heterocycles. The lowest BCUT2D eigenvalue weighted by molar-refractivity contribution is -0.146. The molecule has 0 spiro atoms. The van der Waals surface area contributed by atoms with E-state index in [1.807, 2.05) is 26.2 Å². The second kappa shape index (κ2) is 11.4. The SMILES string of the molecule is CCNC(=NCCCCn1ccnc1C)N1CCC(CN(CC)CC(F)(F)F)C1. The number of rotatable bonds is 10. The zero-order chi connectivity index (χ0) is 21.3. The van der Waals surface area contributed by atoms with Crippen LogP contribution in [0.3, 0.4) is 0 Å². The highest BCUT2D eigenvalue weighted by Crippen LogP contribution is 2.21. The number of likely N-dealkylation sites (tertiary alicyclic amines) is 1. The van der Waals surface area contributed by atoms with Crippen LogP contribution in [-0.4, -0.2) is 77.3 Å². The molecule has 0 aromatic carbocycles. The summed E-state index contributed by atoms with van der Waals surface area (Å²) in [6.07, 6.45) is 2.59. The number of unbranched alkanes of at least 4 members (excludes halogenated alkanes) is 1. The summed E-state index contributed by atoms with van der Waals surface area (Å²) in [5, 5.41) is 3.33. The van der Waals surface area contributed by atoms with Gasteiger partial charge in [0.1, 0.15) is 5.82 Å². The van der Waals surface area contributed by atoms with Crippen molar-refractivity contribution < 1.29 is 13.2 Å². The first-order valence-electron chi connectivity index (χ1n) is 10.6. The molecule has 1 unspecified atom stereocenters. The first kappa shape index (κ1) is 23.5. The van der Waals surface area contributed by atoms with E-state index >= 15 is 0 Å². The highest BCUT2D eigenvalue weighted by atomic mass is 19.4. The molecule has 0 bridgehead atoms. The summed E-state index contributed by atoms with van der Waals surface area (Å²) in [6, 6.07) is 0. The molecular weight excluding hydrogens is 381 g/mol. The number of aryl methyl sites for hydroxylation is 2. The molecule has 2 heterocycles. The lowest BCUT2D eigenvalue weighted by atomic mass is 10.1. The minimum atomic E-state index is -4.14. The van der Waals surface area contributed by atoms with E-state index in [2.05, 4.69) is 19.8 Å². The van der Waals surface area contributed by atoms with Crippen LogP contribution in [0.2, 0.25) is 0 Å². The number of halogens is 3. The van der Waals surface area contributed by atoms with Gasteiger partial charge < -0.3 is 14.8 Å². The number of nitrogens with zero attached hydrogens (tertiary/aromatic N) is 5. The Bertz CT molecular complexity index is 628. The van der Waals surface area contributed by atoms with Crippen molar-refractivity contribution in [3.05, 3.63) is 18.2 Å². The number of nitrogens with one attached hydrogen (secondary N) is 1. The molecule has 1 aromatic rings. The lowest BCUT2D eigenvalue weighted by Gasteiger charge is -2.26. The van der Waals surface area contributed by atoms with Crippen molar-refractivity contribution in [3.63, 3.8) is 0 Å². The van der Waals surface area contributed by atoms with Gasteiger partial charge in [-0.2, -0.15) is 13.2 Å². The molecule has 9 heteroatoms. The maximum atomic E-state index is 12.7. The zero-order valence-corrected chi connectivity index (χ0v) is 17.9. The molecular formula is C20H35F3N6. The van der Waals surface area contributed by atoms with Crippen LogP contribution in [0.15, 0.2) is 17.4 Å². The molecule has 0 amide bonds. The fraction of sp³-hybridized carbons (Fsp3) is 0.800. The maximum Gasteiger partial charge on any atom is 0.401 e. The van der Waals surface area contributed by atoms with Crippen LogP contribution in [0.5, 0.6) is 0 Å². The molecule has 166 valence electrons. The van der Waals surface area contributed by atoms with E-state index in [4.69, 9.17) is 4.99 Å². The Morgan fingerprint density at radius 3 is 2.76 bits per heavy atom. The highest BCUT2D eigenvalue weighted by Gasteiger charge is 2.32. The van der Waals surface area contributed by atoms with Crippen LogP contribution in [0.25, 0.3) is 0 Å². The van der Waals surface area contributed by atoms with Gasteiger partial charge in [-0.3, -0.25) is 9.89 Å². The van der Waals surface area contributed by atoms with Gasteiger partial charge in [0.2, 0.25) is 0 Å². The molecule has 1 aliphatic heterocycles. The fourth-order valence-electron chi connectivity index (χ4n) is 3.74. The van der Waals surface area contributed by atoms with Crippen LogP contribution >= 0.6 is 0 Å². The van der Waals surface area contributed by atoms with Gasteiger partial charge >= 0.3 is 6.18 Å². The van der Waals surface area contributed by atoms with E-state index < -0.39 is 12.7 Å². The minimum absolute atomic E-state index is 0.241. The van der Waals surface area contributed by atoms with E-state index in [0.717, 1.165) is 63.8 Å². The van der Waals surface area contributed by atoms with Gasteiger partial charge in [0, 0.05) is 51.7 Å². The molecule has 1 aliphatic rings. The first-order chi connectivity index (χ1) is 13.8. The second-order valence-electron chi connectivity index (χ2n) is 7.65. The third-order valence-electron chi connectivity index (χ3n) is 5.28. The Morgan fingerprint density at radius 2 is 2.14 bits per heavy atom. The van der Waals surface area contributed by atoms with E-state index in [1.165, 1.54) is 4.90 Å². The molecule has 29 heavy (non-hydrogen) atoms. The van der Waals surface area contributed by atoms with Gasteiger partial charge in [0.05, 0.1) is 6.54 Å². The predicted octanol–water partition coefficient (Wildman–Crippen LogP) is 3.14. The largest absolute Gasteiger partial charge is 0.401 e. The lowest BCUT2D eigenvalue weighted by Crippen LogP contribution is -2.41. The van der Waals surface area contributed by atoms with Crippen LogP contribution in [-0.2, 0) is 6.54 Å². The Labute approximate surface area is 172 Å². The number of aromatic nitrogens is 2. The third-order valence-corrected chi connectivity index (χ3v) is 5.28. The quantitative estimate of drug-likeness (QED) is 0.362. The molecule has 1 saturated heterocycles. The number of hydrogen-bond acceptors (Lipinski definition) is 3. The summed E-state index contributed by atoms with van der Waals surface area (Å²) in [6.45, 7) is 9.96. The van der Waals surface area contributed by atoms with Crippen molar-refractivity contribution in [3.8, 4) is 0 Å². The third kappa shape index (κ3) is 8.24. The minimum Gasteiger partial charge on any atom is -0.357 e. The Kier molecular flexibility index (Phi) is 9.26. The van der Waals surface area contributed by atoms with Gasteiger partial charge in [-0.25, -0.2) is 4.98 Å². The molecule has 6 nitrogen and oxygen atoms in total. The van der Waals surface area contributed by atoms with Crippen LogP contribution in [0.4, 0.5) is 13.2 Å². The van der Waals surface area contributed by atoms with Gasteiger partial charge in [-0.15, -0.1) is 0 Å². The standard InChI is InChI=1S/C20H35F3N6/c1-4-24-19(26-9-6-7-11-28-13-10-25-17(28)3)29-12-8-18(15-29)14-27(5-2)16-20(21,22)23/h10,13,18H,4-9,11-12,14-16H2,1-3H3,(H,24,26). The number of imidazole rings is 1. The molecule has 1 N–H and O–H groups in total. The zero-order valence-electron chi connectivity index (χ0n) is 17.9. The first-order valence-corrected chi connectivity index (χ1v) is 10.6. The number of aliphatic imine (C=N–C) groups is 1. The average Bonchev–Trinajstić information content (AvgIpc) is 3.28. The average molecular weight is 417 g/mol. The predicted molar refractivity (Wildman–Crippen MR) is 110 cm³/mol. The Morgan fingerprint density at radius 1 is 1.34 bits per heavy atom. The summed E-state index contributed by atoms with van der Waals surface area (Å²) in [7, 11) is 0. The Balaban J connectivity index is 1.79. The molecule has 0 radical (unpaired) electrons. The molecule has 1 fully saturated rings. The van der Waals surface area contributed by atoms with Crippen molar-refractivity contribution in [2.24, 2.45) is 10.9 Å². The van der Waals surface area contributed by atoms with Crippen LogP contribution in [0, 0.1) is 12.8 Å². The van der Waals surface area contributed by atoms with E-state index in [9.17, 15) is 13.2 Å². The highest BCUT2D eigenvalue weighted by molar-refractivity contribution is 5.80. The monoisotopic (exact) mass is 416 g/mol. The molecule has 0 aliphatic carbocycles. The van der Waals surface area contributed by atoms with Crippen molar-refractivity contribution in [2.45, 2.75) is 52.8 Å². The van der Waals surface area contributed by atoms with Gasteiger partial charge in [0.25, 0.3) is 0 Å². The van der Waals surface area contributed by atoms with Crippen molar-refractivity contribution in [1.29, 1.82) is 0 Å². The summed E-state index contributed by atoms with van der Waals surface area (Å²) in [5.41, 5.74) is 0. The normalized spacial score (nSPS) is 18.1. The van der Waals surface area contributed by atoms with Gasteiger partial charge in [-0.05, 0) is 45.6 Å². The van der Waals surface area contributed by atoms with E-state index in [0.29, 0.717) is 13.1 Å². The molecule has 2 rings (SSSR count). The van der Waals surface area contributed by atoms with Crippen molar-refractivity contribution in [1.82, 2.24) is 24.7 Å². The topological polar surface area (TPSA) is 48.7 Å². The Hall–Kier alpha value is -1.77. The number of alkyl halides is 3. The van der Waals surface area contributed by atoms with Crippen molar-refractivity contribution >= 4 is 5.96 Å². The van der Waals surface area contributed by atoms with Crippen LogP contribution in [0.1, 0.15) is 38.9 Å². The summed E-state index contributed by atoms with van der Waals surface area (Å²) >= 11 is 0. The fourth-order valence-corrected chi connectivity index (χ4v) is 3.74. The smallest absolute Gasteiger partial charge is 0.357 e. The molecule has 1 atom stereocenters. The van der Waals surface area contributed by atoms with Gasteiger partial charge in [-0.1, -0.05) is 6.92 Å². The number of hydrogen-bond donors (Lipinski definition) is 1. The summed E-state index contributed by atoms with van der Waals surface area (Å²) < 4.78 is 40.2. The number of guanidine groups is 1. The van der Waals surface area contributed by atoms with Crippen molar-refractivity contribution in [2.75, 3.05) is 45.8 Å². The summed E-state index contributed by atoms with van der Waals surface area (Å²) in [5.74, 6) is 2.15. The molecule has 0 saturated carbocycles. The van der Waals surface area contributed by atoms with E-state index in [1.54, 1.807) is 6.92 Å². The maximum absolute atomic E-state index is 12.7. The second-order valence-corrected chi connectivity index (χ2v) is 7.65. The van der Waals surface area contributed by atoms with Crippen LogP contribution < -0.4 is 5.32 Å². The summed E-state index contributed by atoms with van der Waals surface area (Å²) in [4.78, 5) is 12.7. The van der Waals surface area contributed by atoms with Gasteiger partial charge in [0.15, 0.2) is 5.96 Å². The van der Waals surface area contributed by atoms with E-state index in [-0.39, 0.29) is 5.92 Å².